The van der Waals surface area contributed by atoms with E-state index >= 15 is 0 Å². The number of carbonyl (C=O) groups is 2. The van der Waals surface area contributed by atoms with Gasteiger partial charge in [0.25, 0.3) is 0 Å². The van der Waals surface area contributed by atoms with Gasteiger partial charge in [-0.1, -0.05) is 0 Å². The molecule has 7 nitrogen and oxygen atoms in total. The van der Waals surface area contributed by atoms with Crippen LogP contribution in [-0.4, -0.2) is 29.0 Å². The predicted molar refractivity (Wildman–Crippen MR) is 77.4 cm³/mol. The van der Waals surface area contributed by atoms with Gasteiger partial charge in [0, 0.05) is 18.3 Å². The SMILES string of the molecule is COC(=O)c1cncc(Nc2ccc(NC(C)=O)cc2)n1. The molecule has 1 heterocycles. The highest BCUT2D eigenvalue weighted by Gasteiger charge is 2.08. The molecule has 21 heavy (non-hydrogen) atoms. The van der Waals surface area contributed by atoms with Crippen molar-refractivity contribution < 1.29 is 14.3 Å². The Hall–Kier alpha value is -2.96. The summed E-state index contributed by atoms with van der Waals surface area (Å²) in [6.45, 7) is 1.44. The maximum Gasteiger partial charge on any atom is 0.358 e. The lowest BCUT2D eigenvalue weighted by Crippen LogP contribution is -2.07. The maximum absolute atomic E-state index is 11.4. The zero-order valence-corrected chi connectivity index (χ0v) is 11.6. The Morgan fingerprint density at radius 1 is 1.10 bits per heavy atom. The van der Waals surface area contributed by atoms with Crippen molar-refractivity contribution in [1.29, 1.82) is 0 Å². The molecule has 7 heteroatoms. The summed E-state index contributed by atoms with van der Waals surface area (Å²) in [5.74, 6) is -0.260. The summed E-state index contributed by atoms with van der Waals surface area (Å²) in [5.41, 5.74) is 1.57. The molecule has 0 bridgehead atoms. The number of aromatic nitrogens is 2. The van der Waals surface area contributed by atoms with Gasteiger partial charge in [0.1, 0.15) is 5.82 Å². The van der Waals surface area contributed by atoms with Gasteiger partial charge in [-0.3, -0.25) is 9.78 Å². The summed E-state index contributed by atoms with van der Waals surface area (Å²) in [4.78, 5) is 30.3. The van der Waals surface area contributed by atoms with Crippen LogP contribution in [0.2, 0.25) is 0 Å². The minimum absolute atomic E-state index is 0.123. The normalized spacial score (nSPS) is 9.81. The second-order valence-electron chi connectivity index (χ2n) is 4.16. The van der Waals surface area contributed by atoms with E-state index in [1.54, 1.807) is 24.3 Å². The second kappa shape index (κ2) is 6.47. The van der Waals surface area contributed by atoms with Gasteiger partial charge in [-0.05, 0) is 24.3 Å². The summed E-state index contributed by atoms with van der Waals surface area (Å²) in [5, 5.41) is 5.68. The Morgan fingerprint density at radius 2 is 1.76 bits per heavy atom. The van der Waals surface area contributed by atoms with Crippen LogP contribution in [0.4, 0.5) is 17.2 Å². The molecule has 0 aliphatic rings. The highest BCUT2D eigenvalue weighted by atomic mass is 16.5. The summed E-state index contributed by atoms with van der Waals surface area (Å²) >= 11 is 0. The first-order valence-corrected chi connectivity index (χ1v) is 6.13. The third-order valence-electron chi connectivity index (χ3n) is 2.51. The van der Waals surface area contributed by atoms with Crippen molar-refractivity contribution in [3.63, 3.8) is 0 Å². The lowest BCUT2D eigenvalue weighted by molar-refractivity contribution is -0.114. The Balaban J connectivity index is 2.11. The van der Waals surface area contributed by atoms with Gasteiger partial charge in [0.05, 0.1) is 19.5 Å². The van der Waals surface area contributed by atoms with E-state index in [9.17, 15) is 9.59 Å². The summed E-state index contributed by atoms with van der Waals surface area (Å²) in [6.07, 6.45) is 2.82. The Labute approximate surface area is 121 Å². The van der Waals surface area contributed by atoms with Crippen molar-refractivity contribution in [3.05, 3.63) is 42.4 Å². The zero-order valence-electron chi connectivity index (χ0n) is 11.6. The molecule has 0 unspecified atom stereocenters. The van der Waals surface area contributed by atoms with E-state index in [4.69, 9.17) is 0 Å². The van der Waals surface area contributed by atoms with Crippen molar-refractivity contribution in [2.75, 3.05) is 17.7 Å². The Bertz CT molecular complexity index is 656. The molecular formula is C14H14N4O3. The lowest BCUT2D eigenvalue weighted by atomic mass is 10.2. The Morgan fingerprint density at radius 3 is 2.38 bits per heavy atom. The largest absolute Gasteiger partial charge is 0.464 e. The van der Waals surface area contributed by atoms with E-state index in [1.165, 1.54) is 26.4 Å². The van der Waals surface area contributed by atoms with Gasteiger partial charge in [0.2, 0.25) is 5.91 Å². The molecule has 0 saturated carbocycles. The second-order valence-corrected chi connectivity index (χ2v) is 4.16. The first-order valence-electron chi connectivity index (χ1n) is 6.13. The number of methoxy groups -OCH3 is 1. The van der Waals surface area contributed by atoms with E-state index < -0.39 is 5.97 Å². The van der Waals surface area contributed by atoms with Gasteiger partial charge in [-0.2, -0.15) is 0 Å². The number of esters is 1. The molecule has 1 aromatic heterocycles. The fraction of sp³-hybridized carbons (Fsp3) is 0.143. The quantitative estimate of drug-likeness (QED) is 0.835. The highest BCUT2D eigenvalue weighted by molar-refractivity contribution is 5.89. The van der Waals surface area contributed by atoms with Crippen LogP contribution >= 0.6 is 0 Å². The summed E-state index contributed by atoms with van der Waals surface area (Å²) in [7, 11) is 1.28. The van der Waals surface area contributed by atoms with Crippen molar-refractivity contribution in [3.8, 4) is 0 Å². The molecule has 0 saturated heterocycles. The smallest absolute Gasteiger partial charge is 0.358 e. The number of rotatable bonds is 4. The minimum Gasteiger partial charge on any atom is -0.464 e. The van der Waals surface area contributed by atoms with E-state index in [2.05, 4.69) is 25.3 Å². The fourth-order valence-electron chi connectivity index (χ4n) is 1.62. The Kier molecular flexibility index (Phi) is 4.45. The topological polar surface area (TPSA) is 93.2 Å². The van der Waals surface area contributed by atoms with Gasteiger partial charge in [-0.15, -0.1) is 0 Å². The van der Waals surface area contributed by atoms with Crippen LogP contribution in [0.1, 0.15) is 17.4 Å². The number of nitrogens with zero attached hydrogens (tertiary/aromatic N) is 2. The molecule has 0 spiro atoms. The molecule has 0 radical (unpaired) electrons. The average molecular weight is 286 g/mol. The number of amides is 1. The van der Waals surface area contributed by atoms with E-state index in [1.807, 2.05) is 0 Å². The van der Waals surface area contributed by atoms with Crippen LogP contribution in [0.15, 0.2) is 36.7 Å². The van der Waals surface area contributed by atoms with Crippen molar-refractivity contribution in [1.82, 2.24) is 9.97 Å². The number of anilines is 3. The maximum atomic E-state index is 11.4. The highest BCUT2D eigenvalue weighted by Crippen LogP contribution is 2.17. The number of hydrogen-bond acceptors (Lipinski definition) is 6. The molecule has 0 atom stereocenters. The first-order chi connectivity index (χ1) is 10.1. The first kappa shape index (κ1) is 14.4. The molecule has 0 aliphatic carbocycles. The predicted octanol–water partition coefficient (Wildman–Crippen LogP) is 1.97. The molecule has 0 fully saturated rings. The van der Waals surface area contributed by atoms with Gasteiger partial charge < -0.3 is 15.4 Å². The van der Waals surface area contributed by atoms with Crippen LogP contribution in [0, 0.1) is 0 Å². The van der Waals surface area contributed by atoms with E-state index in [0.717, 1.165) is 5.69 Å². The summed E-state index contributed by atoms with van der Waals surface area (Å²) < 4.78 is 4.58. The molecule has 0 aliphatic heterocycles. The molecule has 2 rings (SSSR count). The van der Waals surface area contributed by atoms with E-state index in [0.29, 0.717) is 11.5 Å². The summed E-state index contributed by atoms with van der Waals surface area (Å²) in [6, 6.07) is 7.05. The molecule has 108 valence electrons. The average Bonchev–Trinajstić information content (AvgIpc) is 2.48. The standard InChI is InChI=1S/C14H14N4O3/c1-9(19)16-10-3-5-11(6-4-10)17-13-8-15-7-12(18-13)14(20)21-2/h3-8H,1-2H3,(H,16,19)(H,17,18). The van der Waals surface area contributed by atoms with Crippen LogP contribution in [-0.2, 0) is 9.53 Å². The molecule has 2 aromatic rings. The molecule has 1 aromatic carbocycles. The van der Waals surface area contributed by atoms with Crippen molar-refractivity contribution in [2.45, 2.75) is 6.92 Å². The number of carbonyl (C=O) groups excluding carboxylic acids is 2. The van der Waals surface area contributed by atoms with Crippen LogP contribution in [0.5, 0.6) is 0 Å². The third-order valence-corrected chi connectivity index (χ3v) is 2.51. The lowest BCUT2D eigenvalue weighted by Gasteiger charge is -2.07. The number of benzene rings is 1. The minimum atomic E-state index is -0.549. The van der Waals surface area contributed by atoms with Gasteiger partial charge in [0.15, 0.2) is 5.69 Å². The van der Waals surface area contributed by atoms with Gasteiger partial charge in [-0.25, -0.2) is 9.78 Å². The number of nitrogens with one attached hydrogen (secondary N) is 2. The fourth-order valence-corrected chi connectivity index (χ4v) is 1.62. The molecule has 2 N–H and O–H groups in total. The molecule has 1 amide bonds. The van der Waals surface area contributed by atoms with Crippen molar-refractivity contribution in [2.24, 2.45) is 0 Å². The number of hydrogen-bond donors (Lipinski definition) is 2. The monoisotopic (exact) mass is 286 g/mol. The van der Waals surface area contributed by atoms with E-state index in [-0.39, 0.29) is 11.6 Å². The van der Waals surface area contributed by atoms with Crippen LogP contribution in [0.3, 0.4) is 0 Å². The van der Waals surface area contributed by atoms with Crippen LogP contribution < -0.4 is 10.6 Å². The zero-order chi connectivity index (χ0) is 15.2. The van der Waals surface area contributed by atoms with Crippen LogP contribution in [0.25, 0.3) is 0 Å². The molecular weight excluding hydrogens is 272 g/mol. The number of ether oxygens (including phenoxy) is 1. The van der Waals surface area contributed by atoms with Gasteiger partial charge >= 0.3 is 5.97 Å². The third kappa shape index (κ3) is 4.00. The van der Waals surface area contributed by atoms with Crippen molar-refractivity contribution >= 4 is 29.1 Å².